The van der Waals surface area contributed by atoms with Crippen LogP contribution < -0.4 is 0 Å². The minimum Gasteiger partial charge on any atom is -0.508 e. The summed E-state index contributed by atoms with van der Waals surface area (Å²) in [6.45, 7) is 5.52. The van der Waals surface area contributed by atoms with Crippen LogP contribution in [0.5, 0.6) is 23.0 Å². The van der Waals surface area contributed by atoms with Gasteiger partial charge in [-0.1, -0.05) is 26.0 Å². The van der Waals surface area contributed by atoms with Gasteiger partial charge in [0, 0.05) is 39.1 Å². The van der Waals surface area contributed by atoms with Crippen molar-refractivity contribution in [3.8, 4) is 79.7 Å². The monoisotopic (exact) mass is 847 g/mol. The Hall–Kier alpha value is -8.00. The van der Waals surface area contributed by atoms with Gasteiger partial charge in [0.1, 0.15) is 23.0 Å². The number of aromatic nitrogens is 7. The number of phenolic OH excluding ortho intramolecular Hbond substituents is 4. The summed E-state index contributed by atoms with van der Waals surface area (Å²) in [6.07, 6.45) is -1.52. The maximum atomic E-state index is 13.5. The Balaban J connectivity index is 0.000000173. The number of rotatable bonds is 8. The molecule has 0 fully saturated rings. The van der Waals surface area contributed by atoms with E-state index in [1.807, 2.05) is 60.1 Å². The summed E-state index contributed by atoms with van der Waals surface area (Å²) >= 11 is 0. The lowest BCUT2D eigenvalue weighted by Crippen LogP contribution is -2.10. The van der Waals surface area contributed by atoms with E-state index >= 15 is 0 Å². The van der Waals surface area contributed by atoms with Crippen molar-refractivity contribution in [2.24, 2.45) is 0 Å². The number of phenols is 4. The van der Waals surface area contributed by atoms with Gasteiger partial charge < -0.3 is 20.4 Å². The molecule has 0 amide bonds. The number of hydrogen-bond acceptors (Lipinski definition) is 9. The molecule has 316 valence electrons. The standard InChI is InChI=1S/C25H20N4O2.C24H20F3N3O2/c1-2-20-24(16-7-11-18(30)12-8-16)28-29(25(20)17-9-13-19(31)14-10-17)23-15-26-21-5-3-4-6-22(21)27-23;1-3-20-22(15-4-8-18(31)9-5-15)29-30(23(20)16-6-10-19(32)11-7-16)21-13-17(24(25,26)27)12-14(2)28-21/h3-15,30-31H,2H2,1H3;4-13,31-32H,3H2,1-2H3. The van der Waals surface area contributed by atoms with Crippen LogP contribution in [0.4, 0.5) is 13.2 Å². The zero-order valence-corrected chi connectivity index (χ0v) is 34.2. The molecule has 0 bridgehead atoms. The molecular weight excluding hydrogens is 808 g/mol. The third kappa shape index (κ3) is 8.64. The molecule has 0 aliphatic heterocycles. The molecule has 14 heteroatoms. The predicted octanol–water partition coefficient (Wildman–Crippen LogP) is 11.0. The second kappa shape index (κ2) is 17.2. The molecule has 9 rings (SSSR count). The Labute approximate surface area is 359 Å². The molecular formula is C49H40F3N7O4. The molecule has 9 aromatic rings. The van der Waals surface area contributed by atoms with Crippen LogP contribution in [0.3, 0.4) is 0 Å². The summed E-state index contributed by atoms with van der Waals surface area (Å²) in [7, 11) is 0. The fraction of sp³-hybridized carbons (Fsp3) is 0.122. The zero-order chi connectivity index (χ0) is 44.4. The Morgan fingerprint density at radius 1 is 0.508 bits per heavy atom. The Morgan fingerprint density at radius 2 is 0.921 bits per heavy atom. The minimum atomic E-state index is -4.53. The summed E-state index contributed by atoms with van der Waals surface area (Å²) in [5, 5.41) is 48.4. The number of hydrogen-bond donors (Lipinski definition) is 4. The van der Waals surface area contributed by atoms with E-state index in [4.69, 9.17) is 10.1 Å². The van der Waals surface area contributed by atoms with Crippen molar-refractivity contribution >= 4 is 11.0 Å². The van der Waals surface area contributed by atoms with E-state index in [1.165, 1.54) is 35.9 Å². The predicted molar refractivity (Wildman–Crippen MR) is 235 cm³/mol. The number of nitrogens with zero attached hydrogens (tertiary/aromatic N) is 7. The molecule has 0 radical (unpaired) electrons. The normalized spacial score (nSPS) is 11.4. The highest BCUT2D eigenvalue weighted by Gasteiger charge is 2.32. The molecule has 0 aliphatic rings. The van der Waals surface area contributed by atoms with E-state index in [0.29, 0.717) is 34.8 Å². The van der Waals surface area contributed by atoms with Crippen LogP contribution in [-0.2, 0) is 19.0 Å². The summed E-state index contributed by atoms with van der Waals surface area (Å²) in [5.74, 6) is 1.24. The smallest absolute Gasteiger partial charge is 0.416 e. The van der Waals surface area contributed by atoms with Crippen molar-refractivity contribution in [3.63, 3.8) is 0 Å². The molecule has 63 heavy (non-hydrogen) atoms. The minimum absolute atomic E-state index is 0.0418. The average molecular weight is 848 g/mol. The third-order valence-electron chi connectivity index (χ3n) is 10.4. The molecule has 11 nitrogen and oxygen atoms in total. The first-order valence-electron chi connectivity index (χ1n) is 20.0. The van der Waals surface area contributed by atoms with Crippen molar-refractivity contribution in [2.45, 2.75) is 39.8 Å². The van der Waals surface area contributed by atoms with Gasteiger partial charge in [-0.05, 0) is 141 Å². The van der Waals surface area contributed by atoms with E-state index in [2.05, 4.69) is 22.0 Å². The second-order valence-electron chi connectivity index (χ2n) is 14.6. The average Bonchev–Trinajstić information content (AvgIpc) is 3.87. The Bertz CT molecular complexity index is 3060. The Kier molecular flexibility index (Phi) is 11.4. The number of aryl methyl sites for hydroxylation is 1. The van der Waals surface area contributed by atoms with Gasteiger partial charge in [-0.2, -0.15) is 23.4 Å². The molecule has 0 aliphatic carbocycles. The lowest BCUT2D eigenvalue weighted by Gasteiger charge is -2.13. The number of halogens is 3. The molecule has 5 aromatic carbocycles. The molecule has 0 saturated heterocycles. The fourth-order valence-corrected chi connectivity index (χ4v) is 7.41. The molecule has 4 aromatic heterocycles. The topological polar surface area (TPSA) is 155 Å². The van der Waals surface area contributed by atoms with Gasteiger partial charge in [0.05, 0.1) is 45.6 Å². The quantitative estimate of drug-likeness (QED) is 0.117. The highest BCUT2D eigenvalue weighted by Crippen LogP contribution is 2.38. The lowest BCUT2D eigenvalue weighted by molar-refractivity contribution is -0.137. The molecule has 0 atom stereocenters. The van der Waals surface area contributed by atoms with Crippen molar-refractivity contribution in [1.82, 2.24) is 34.5 Å². The van der Waals surface area contributed by atoms with Crippen LogP contribution in [0, 0.1) is 6.92 Å². The molecule has 4 N–H and O–H groups in total. The number of benzene rings is 5. The van der Waals surface area contributed by atoms with Crippen molar-refractivity contribution in [3.05, 3.63) is 162 Å². The largest absolute Gasteiger partial charge is 0.508 e. The molecule has 0 spiro atoms. The van der Waals surface area contributed by atoms with E-state index in [0.717, 1.165) is 63.2 Å². The van der Waals surface area contributed by atoms with Gasteiger partial charge in [-0.25, -0.2) is 19.3 Å². The van der Waals surface area contributed by atoms with Crippen molar-refractivity contribution < 1.29 is 33.6 Å². The summed E-state index contributed by atoms with van der Waals surface area (Å²) in [4.78, 5) is 13.7. The first-order valence-corrected chi connectivity index (χ1v) is 20.0. The summed E-state index contributed by atoms with van der Waals surface area (Å²) < 4.78 is 43.7. The number of alkyl halides is 3. The van der Waals surface area contributed by atoms with Crippen LogP contribution in [-0.4, -0.2) is 54.9 Å². The van der Waals surface area contributed by atoms with Crippen molar-refractivity contribution in [1.29, 1.82) is 0 Å². The summed E-state index contributed by atoms with van der Waals surface area (Å²) in [6, 6.07) is 36.6. The molecule has 0 saturated carbocycles. The van der Waals surface area contributed by atoms with Crippen LogP contribution in [0.15, 0.2) is 140 Å². The third-order valence-corrected chi connectivity index (χ3v) is 10.4. The number of aromatic hydroxyl groups is 4. The van der Waals surface area contributed by atoms with E-state index < -0.39 is 11.7 Å². The fourth-order valence-electron chi connectivity index (χ4n) is 7.41. The first-order chi connectivity index (χ1) is 30.3. The lowest BCUT2D eigenvalue weighted by atomic mass is 9.99. The van der Waals surface area contributed by atoms with E-state index in [9.17, 15) is 33.6 Å². The van der Waals surface area contributed by atoms with Gasteiger partial charge in [-0.3, -0.25) is 4.98 Å². The van der Waals surface area contributed by atoms with Gasteiger partial charge in [-0.15, -0.1) is 0 Å². The summed E-state index contributed by atoms with van der Waals surface area (Å²) in [5.41, 5.74) is 8.95. The van der Waals surface area contributed by atoms with Gasteiger partial charge in [0.2, 0.25) is 0 Å². The van der Waals surface area contributed by atoms with Gasteiger partial charge >= 0.3 is 6.18 Å². The first kappa shape index (κ1) is 41.7. The number of para-hydroxylation sites is 2. The number of fused-ring (bicyclic) bond motifs is 1. The maximum absolute atomic E-state index is 13.5. The van der Waals surface area contributed by atoms with Crippen LogP contribution in [0.1, 0.15) is 36.2 Å². The van der Waals surface area contributed by atoms with E-state index in [-0.39, 0.29) is 34.5 Å². The van der Waals surface area contributed by atoms with Gasteiger partial charge in [0.15, 0.2) is 11.6 Å². The van der Waals surface area contributed by atoms with Crippen LogP contribution >= 0.6 is 0 Å². The van der Waals surface area contributed by atoms with Gasteiger partial charge in [0.25, 0.3) is 0 Å². The molecule has 4 heterocycles. The SMILES string of the molecule is CCc1c(-c2ccc(O)cc2)nn(-c2cc(C(F)(F)F)cc(C)n2)c1-c1ccc(O)cc1.CCc1c(-c2ccc(O)cc2)nn(-c2cnc3ccccc3n2)c1-c1ccc(O)cc1. The second-order valence-corrected chi connectivity index (χ2v) is 14.6. The zero-order valence-electron chi connectivity index (χ0n) is 34.2. The molecule has 0 unspecified atom stereocenters. The van der Waals surface area contributed by atoms with Crippen LogP contribution in [0.2, 0.25) is 0 Å². The highest BCUT2D eigenvalue weighted by atomic mass is 19.4. The van der Waals surface area contributed by atoms with E-state index in [1.54, 1.807) is 54.7 Å². The van der Waals surface area contributed by atoms with Crippen LogP contribution in [0.25, 0.3) is 67.7 Å². The Morgan fingerprint density at radius 3 is 1.35 bits per heavy atom. The number of pyridine rings is 1. The maximum Gasteiger partial charge on any atom is 0.416 e. The highest BCUT2D eigenvalue weighted by molar-refractivity contribution is 5.79. The van der Waals surface area contributed by atoms with Crippen molar-refractivity contribution in [2.75, 3.05) is 0 Å².